The predicted octanol–water partition coefficient (Wildman–Crippen LogP) is 5.87. The van der Waals surface area contributed by atoms with Crippen LogP contribution in [0.15, 0.2) is 42.5 Å². The molecule has 0 aliphatic rings. The van der Waals surface area contributed by atoms with Gasteiger partial charge in [-0.15, -0.1) is 11.8 Å². The quantitative estimate of drug-likeness (QED) is 0.462. The van der Waals surface area contributed by atoms with Crippen molar-refractivity contribution in [2.45, 2.75) is 58.5 Å². The highest BCUT2D eigenvalue weighted by Crippen LogP contribution is 2.25. The molecule has 0 fully saturated rings. The van der Waals surface area contributed by atoms with E-state index in [2.05, 4.69) is 5.32 Å². The van der Waals surface area contributed by atoms with Gasteiger partial charge < -0.3 is 10.2 Å². The largest absolute Gasteiger partial charge is 0.352 e. The van der Waals surface area contributed by atoms with E-state index in [1.807, 2.05) is 57.2 Å². The van der Waals surface area contributed by atoms with Crippen LogP contribution in [0.2, 0.25) is 10.0 Å². The highest BCUT2D eigenvalue weighted by Gasteiger charge is 2.27. The third kappa shape index (κ3) is 7.74. The molecule has 0 aliphatic carbocycles. The van der Waals surface area contributed by atoms with E-state index in [0.29, 0.717) is 22.3 Å². The lowest BCUT2D eigenvalue weighted by Gasteiger charge is -2.30. The third-order valence-electron chi connectivity index (χ3n) is 5.25. The van der Waals surface area contributed by atoms with Crippen molar-refractivity contribution in [1.82, 2.24) is 10.2 Å². The summed E-state index contributed by atoms with van der Waals surface area (Å²) >= 11 is 13.5. The Kier molecular flexibility index (Phi) is 10.2. The summed E-state index contributed by atoms with van der Waals surface area (Å²) < 4.78 is 0. The van der Waals surface area contributed by atoms with E-state index in [-0.39, 0.29) is 23.6 Å². The number of carbonyl (C=O) groups is 2. The first kappa shape index (κ1) is 25.6. The SMILES string of the molecule is CCC(C)NC(=O)C(C)N(Cc1ccccc1C)C(=O)CSCc1ccc(Cl)c(Cl)c1. The van der Waals surface area contributed by atoms with Crippen LogP contribution < -0.4 is 5.32 Å². The summed E-state index contributed by atoms with van der Waals surface area (Å²) in [7, 11) is 0. The summed E-state index contributed by atoms with van der Waals surface area (Å²) in [5, 5.41) is 4.01. The first-order valence-corrected chi connectivity index (χ1v) is 12.3. The lowest BCUT2D eigenvalue weighted by atomic mass is 10.1. The van der Waals surface area contributed by atoms with Crippen molar-refractivity contribution in [1.29, 1.82) is 0 Å². The molecule has 0 bridgehead atoms. The molecule has 0 heterocycles. The van der Waals surface area contributed by atoms with Crippen LogP contribution in [-0.2, 0) is 21.9 Å². The molecular weight excluding hydrogens is 451 g/mol. The molecule has 0 radical (unpaired) electrons. The van der Waals surface area contributed by atoms with Crippen LogP contribution in [0.25, 0.3) is 0 Å². The van der Waals surface area contributed by atoms with Crippen LogP contribution in [0.5, 0.6) is 0 Å². The number of halogens is 2. The van der Waals surface area contributed by atoms with Crippen molar-refractivity contribution in [2.24, 2.45) is 0 Å². The molecule has 0 aromatic heterocycles. The minimum absolute atomic E-state index is 0.0643. The van der Waals surface area contributed by atoms with Gasteiger partial charge in [-0.05, 0) is 56.0 Å². The first-order valence-electron chi connectivity index (χ1n) is 10.4. The van der Waals surface area contributed by atoms with Gasteiger partial charge in [0.1, 0.15) is 6.04 Å². The van der Waals surface area contributed by atoms with Crippen LogP contribution in [-0.4, -0.2) is 34.6 Å². The van der Waals surface area contributed by atoms with Gasteiger partial charge in [-0.25, -0.2) is 0 Å². The Morgan fingerprint density at radius 2 is 1.81 bits per heavy atom. The molecular formula is C24H30Cl2N2O2S. The fourth-order valence-corrected chi connectivity index (χ4v) is 4.17. The van der Waals surface area contributed by atoms with Crippen molar-refractivity contribution in [3.05, 3.63) is 69.2 Å². The van der Waals surface area contributed by atoms with Crippen molar-refractivity contribution in [3.8, 4) is 0 Å². The summed E-state index contributed by atoms with van der Waals surface area (Å²) in [4.78, 5) is 27.6. The standard InChI is InChI=1S/C24H30Cl2N2O2S/c1-5-17(3)27-24(30)18(4)28(13-20-9-7-6-8-16(20)2)23(29)15-31-14-19-10-11-21(25)22(26)12-19/h6-12,17-18H,5,13-15H2,1-4H3,(H,27,30). The number of nitrogens with one attached hydrogen (secondary N) is 1. The van der Waals surface area contributed by atoms with Gasteiger partial charge in [-0.3, -0.25) is 9.59 Å². The number of carbonyl (C=O) groups excluding carboxylic acids is 2. The molecule has 0 aliphatic heterocycles. The second-order valence-electron chi connectivity index (χ2n) is 7.68. The van der Waals surface area contributed by atoms with Gasteiger partial charge in [0.2, 0.25) is 11.8 Å². The summed E-state index contributed by atoms with van der Waals surface area (Å²) in [5.74, 6) is 0.701. The van der Waals surface area contributed by atoms with E-state index in [0.717, 1.165) is 23.1 Å². The average molecular weight is 481 g/mol. The Morgan fingerprint density at radius 3 is 2.45 bits per heavy atom. The highest BCUT2D eigenvalue weighted by atomic mass is 35.5. The molecule has 2 aromatic carbocycles. The van der Waals surface area contributed by atoms with Gasteiger partial charge in [0.15, 0.2) is 0 Å². The van der Waals surface area contributed by atoms with E-state index in [4.69, 9.17) is 23.2 Å². The van der Waals surface area contributed by atoms with Crippen molar-refractivity contribution < 1.29 is 9.59 Å². The Morgan fingerprint density at radius 1 is 1.10 bits per heavy atom. The number of aryl methyl sites for hydroxylation is 1. The predicted molar refractivity (Wildman–Crippen MR) is 132 cm³/mol. The van der Waals surface area contributed by atoms with Crippen LogP contribution in [0.1, 0.15) is 43.9 Å². The summed E-state index contributed by atoms with van der Waals surface area (Å²) in [5.41, 5.74) is 3.13. The van der Waals surface area contributed by atoms with E-state index in [9.17, 15) is 9.59 Å². The van der Waals surface area contributed by atoms with Gasteiger partial charge in [-0.2, -0.15) is 0 Å². The van der Waals surface area contributed by atoms with E-state index in [1.54, 1.807) is 17.9 Å². The van der Waals surface area contributed by atoms with Crippen LogP contribution in [0, 0.1) is 6.92 Å². The monoisotopic (exact) mass is 480 g/mol. The third-order valence-corrected chi connectivity index (χ3v) is 6.98. The fourth-order valence-electron chi connectivity index (χ4n) is 2.99. The summed E-state index contributed by atoms with van der Waals surface area (Å²) in [6, 6.07) is 12.9. The Hall–Kier alpha value is -1.69. The zero-order chi connectivity index (χ0) is 23.0. The van der Waals surface area contributed by atoms with Crippen LogP contribution in [0.3, 0.4) is 0 Å². The Bertz CT molecular complexity index is 907. The molecule has 2 atom stereocenters. The minimum atomic E-state index is -0.563. The molecule has 0 spiro atoms. The van der Waals surface area contributed by atoms with Crippen LogP contribution in [0.4, 0.5) is 0 Å². The Balaban J connectivity index is 2.10. The maximum Gasteiger partial charge on any atom is 0.242 e. The molecule has 2 aromatic rings. The zero-order valence-corrected chi connectivity index (χ0v) is 20.8. The van der Waals surface area contributed by atoms with E-state index < -0.39 is 6.04 Å². The number of hydrogen-bond acceptors (Lipinski definition) is 3. The lowest BCUT2D eigenvalue weighted by molar-refractivity contribution is -0.138. The molecule has 168 valence electrons. The number of thioether (sulfide) groups is 1. The van der Waals surface area contributed by atoms with Gasteiger partial charge >= 0.3 is 0 Å². The van der Waals surface area contributed by atoms with Gasteiger partial charge in [0, 0.05) is 18.3 Å². The van der Waals surface area contributed by atoms with Crippen molar-refractivity contribution >= 4 is 46.8 Å². The second-order valence-corrected chi connectivity index (χ2v) is 9.48. The maximum atomic E-state index is 13.1. The number of benzene rings is 2. The highest BCUT2D eigenvalue weighted by molar-refractivity contribution is 7.99. The van der Waals surface area contributed by atoms with Crippen molar-refractivity contribution in [3.63, 3.8) is 0 Å². The minimum Gasteiger partial charge on any atom is -0.352 e. The lowest BCUT2D eigenvalue weighted by Crippen LogP contribution is -2.50. The fraction of sp³-hybridized carbons (Fsp3) is 0.417. The molecule has 2 amide bonds. The molecule has 2 rings (SSSR count). The molecule has 4 nitrogen and oxygen atoms in total. The molecule has 2 unspecified atom stereocenters. The molecule has 0 saturated heterocycles. The number of rotatable bonds is 10. The molecule has 7 heteroatoms. The van der Waals surface area contributed by atoms with Gasteiger partial charge in [0.05, 0.1) is 15.8 Å². The normalized spacial score (nSPS) is 12.8. The number of amides is 2. The number of hydrogen-bond donors (Lipinski definition) is 1. The molecule has 1 N–H and O–H groups in total. The van der Waals surface area contributed by atoms with E-state index in [1.165, 1.54) is 11.8 Å². The van der Waals surface area contributed by atoms with Crippen molar-refractivity contribution in [2.75, 3.05) is 5.75 Å². The number of nitrogens with zero attached hydrogens (tertiary/aromatic N) is 1. The summed E-state index contributed by atoms with van der Waals surface area (Å²) in [6.45, 7) is 8.18. The smallest absolute Gasteiger partial charge is 0.242 e. The second kappa shape index (κ2) is 12.4. The topological polar surface area (TPSA) is 49.4 Å². The van der Waals surface area contributed by atoms with Gasteiger partial charge in [-0.1, -0.05) is 60.5 Å². The maximum absolute atomic E-state index is 13.1. The molecule has 0 saturated carbocycles. The summed E-state index contributed by atoms with van der Waals surface area (Å²) in [6.07, 6.45) is 0.837. The van der Waals surface area contributed by atoms with Gasteiger partial charge in [0.25, 0.3) is 0 Å². The Labute approximate surface area is 199 Å². The van der Waals surface area contributed by atoms with Crippen LogP contribution >= 0.6 is 35.0 Å². The zero-order valence-electron chi connectivity index (χ0n) is 18.5. The average Bonchev–Trinajstić information content (AvgIpc) is 2.74. The molecule has 31 heavy (non-hydrogen) atoms. The van der Waals surface area contributed by atoms with E-state index >= 15 is 0 Å². The first-order chi connectivity index (χ1) is 14.7.